The fourth-order valence-corrected chi connectivity index (χ4v) is 4.99. The average molecular weight is 423 g/mol. The lowest BCUT2D eigenvalue weighted by molar-refractivity contribution is -0.956. The average Bonchev–Trinajstić information content (AvgIpc) is 2.91. The van der Waals surface area contributed by atoms with Crippen LogP contribution in [-0.2, 0) is 14.6 Å². The molecule has 0 spiro atoms. The van der Waals surface area contributed by atoms with Crippen molar-refractivity contribution in [2.45, 2.75) is 124 Å². The Hall–Kier alpha value is -0.170. The third kappa shape index (κ3) is 11.7. The van der Waals surface area contributed by atoms with Gasteiger partial charge in [0, 0.05) is 12.8 Å². The van der Waals surface area contributed by atoms with Crippen LogP contribution in [0.2, 0.25) is 0 Å². The molecule has 5 nitrogen and oxygen atoms in total. The summed E-state index contributed by atoms with van der Waals surface area (Å²) in [5, 5.41) is 0. The van der Waals surface area contributed by atoms with Gasteiger partial charge in [0.15, 0.2) is 0 Å². The second-order valence-corrected chi connectivity index (χ2v) is 9.53. The van der Waals surface area contributed by atoms with Gasteiger partial charge in [-0.3, -0.25) is 4.55 Å². The maximum absolute atomic E-state index is 9.56. The summed E-state index contributed by atoms with van der Waals surface area (Å²) < 4.78 is 32.1. The minimum atomic E-state index is -4.17. The third-order valence-electron chi connectivity index (χ3n) is 6.54. The van der Waals surface area contributed by atoms with E-state index in [1.165, 1.54) is 102 Å². The van der Waals surface area contributed by atoms with E-state index in [1.54, 1.807) is 0 Å². The molecule has 0 saturated carbocycles. The first kappa shape index (κ1) is 27.8. The molecule has 6 heteroatoms. The zero-order valence-corrected chi connectivity index (χ0v) is 20.1. The van der Waals surface area contributed by atoms with E-state index in [-0.39, 0.29) is 6.61 Å². The molecule has 0 radical (unpaired) electrons. The number of unbranched alkanes of at least 4 members (excludes halogenated alkanes) is 9. The second kappa shape index (κ2) is 15.6. The maximum atomic E-state index is 9.56. The van der Waals surface area contributed by atoms with Crippen LogP contribution < -0.4 is 0 Å². The Morgan fingerprint density at radius 2 is 1.25 bits per heavy atom. The summed E-state index contributed by atoms with van der Waals surface area (Å²) in [4.78, 5) is 0. The summed E-state index contributed by atoms with van der Waals surface area (Å²) in [6.07, 6.45) is 17.5. The molecule has 0 aromatic carbocycles. The molecule has 170 valence electrons. The molecule has 0 aromatic rings. The molecule has 0 amide bonds. The predicted molar refractivity (Wildman–Crippen MR) is 119 cm³/mol. The molecule has 0 aliphatic carbocycles. The highest BCUT2D eigenvalue weighted by Crippen LogP contribution is 2.33. The Morgan fingerprint density at radius 1 is 0.821 bits per heavy atom. The fraction of sp³-hybridized carbons (Fsp3) is 1.00. The van der Waals surface area contributed by atoms with E-state index in [1.807, 2.05) is 0 Å². The molecule has 2 unspecified atom stereocenters. The molecule has 1 heterocycles. The first-order chi connectivity index (χ1) is 13.2. The van der Waals surface area contributed by atoms with Gasteiger partial charge in [-0.25, -0.2) is 4.18 Å². The maximum Gasteiger partial charge on any atom is 0.397 e. The number of quaternary nitrogens is 1. The van der Waals surface area contributed by atoms with E-state index in [4.69, 9.17) is 4.55 Å². The van der Waals surface area contributed by atoms with Crippen molar-refractivity contribution in [3.8, 4) is 0 Å². The highest BCUT2D eigenvalue weighted by Gasteiger charge is 2.42. The van der Waals surface area contributed by atoms with Gasteiger partial charge in [0.05, 0.1) is 31.8 Å². The number of nitrogens with zero attached hydrogens (tertiary/aromatic N) is 1. The highest BCUT2D eigenvalue weighted by atomic mass is 32.3. The van der Waals surface area contributed by atoms with E-state index < -0.39 is 10.4 Å². The van der Waals surface area contributed by atoms with Gasteiger partial charge < -0.3 is 4.48 Å². The summed E-state index contributed by atoms with van der Waals surface area (Å²) in [5.74, 6) is 0. The largest absolute Gasteiger partial charge is 0.397 e. The van der Waals surface area contributed by atoms with Crippen molar-refractivity contribution in [1.29, 1.82) is 0 Å². The van der Waals surface area contributed by atoms with Gasteiger partial charge in [0.2, 0.25) is 0 Å². The monoisotopic (exact) mass is 422 g/mol. The molecule has 0 bridgehead atoms. The van der Waals surface area contributed by atoms with Crippen LogP contribution in [0.1, 0.15) is 112 Å². The number of likely N-dealkylation sites (tertiary alicyclic amines) is 1. The predicted octanol–water partition coefficient (Wildman–Crippen LogP) is 6.14. The van der Waals surface area contributed by atoms with E-state index in [9.17, 15) is 8.42 Å². The molecule has 1 aliphatic heterocycles. The quantitative estimate of drug-likeness (QED) is 0.207. The van der Waals surface area contributed by atoms with E-state index in [0.29, 0.717) is 0 Å². The first-order valence-corrected chi connectivity index (χ1v) is 13.1. The summed E-state index contributed by atoms with van der Waals surface area (Å²) in [6, 6.07) is 1.81. The summed E-state index contributed by atoms with van der Waals surface area (Å²) in [7, 11) is -4.17. The lowest BCUT2D eigenvalue weighted by Gasteiger charge is -2.42. The second-order valence-electron chi connectivity index (χ2n) is 8.43. The van der Waals surface area contributed by atoms with Gasteiger partial charge in [0.1, 0.15) is 0 Å². The summed E-state index contributed by atoms with van der Waals surface area (Å²) in [6.45, 7) is 13.9. The highest BCUT2D eigenvalue weighted by molar-refractivity contribution is 7.80. The molecule has 1 saturated heterocycles. The lowest BCUT2D eigenvalue weighted by Crippen LogP contribution is -2.55. The zero-order valence-electron chi connectivity index (χ0n) is 19.3. The van der Waals surface area contributed by atoms with Crippen molar-refractivity contribution in [3.05, 3.63) is 0 Å². The summed E-state index contributed by atoms with van der Waals surface area (Å²) >= 11 is 0. The molecular formula is C22H48NO4S+. The minimum absolute atomic E-state index is 0.0289. The molecule has 1 fully saturated rings. The normalized spacial score (nSPS) is 24.8. The van der Waals surface area contributed by atoms with Gasteiger partial charge >= 0.3 is 10.4 Å². The Bertz CT molecular complexity index is 457. The molecule has 1 N–H and O–H groups in total. The Kier molecular flexibility index (Phi) is 15.5. The van der Waals surface area contributed by atoms with Gasteiger partial charge in [-0.2, -0.15) is 8.42 Å². The van der Waals surface area contributed by atoms with E-state index in [0.717, 1.165) is 12.1 Å². The van der Waals surface area contributed by atoms with E-state index in [2.05, 4.69) is 31.9 Å². The molecule has 0 aromatic heterocycles. The van der Waals surface area contributed by atoms with Crippen LogP contribution in [0.25, 0.3) is 0 Å². The van der Waals surface area contributed by atoms with Crippen molar-refractivity contribution in [2.24, 2.45) is 0 Å². The Labute approximate surface area is 175 Å². The SMILES string of the molecule is CCCCCCCCCCCC[N+]1(CC)C(C)CCC1C.CCOS(=O)(=O)O. The van der Waals surface area contributed by atoms with Gasteiger partial charge in [-0.1, -0.05) is 58.3 Å². The molecular weight excluding hydrogens is 374 g/mol. The lowest BCUT2D eigenvalue weighted by atomic mass is 10.1. The Balaban J connectivity index is 0.000000887. The van der Waals surface area contributed by atoms with Crippen molar-refractivity contribution < 1.29 is 21.6 Å². The van der Waals surface area contributed by atoms with Crippen LogP contribution in [0, 0.1) is 0 Å². The van der Waals surface area contributed by atoms with Crippen LogP contribution in [0.15, 0.2) is 0 Å². The smallest absolute Gasteiger partial charge is 0.319 e. The molecule has 28 heavy (non-hydrogen) atoms. The fourth-order valence-electron chi connectivity index (χ4n) is 4.70. The van der Waals surface area contributed by atoms with Gasteiger partial charge in [-0.15, -0.1) is 0 Å². The zero-order chi connectivity index (χ0) is 21.5. The van der Waals surface area contributed by atoms with Crippen LogP contribution in [0.5, 0.6) is 0 Å². The first-order valence-electron chi connectivity index (χ1n) is 11.7. The molecule has 1 rings (SSSR count). The molecule has 1 aliphatic rings. The van der Waals surface area contributed by atoms with Crippen molar-refractivity contribution in [3.63, 3.8) is 0 Å². The van der Waals surface area contributed by atoms with Crippen LogP contribution in [-0.4, -0.2) is 49.2 Å². The van der Waals surface area contributed by atoms with E-state index >= 15 is 0 Å². The topological polar surface area (TPSA) is 63.6 Å². The minimum Gasteiger partial charge on any atom is -0.319 e. The van der Waals surface area contributed by atoms with Crippen molar-refractivity contribution in [1.82, 2.24) is 0 Å². The number of hydrogen-bond donors (Lipinski definition) is 1. The summed E-state index contributed by atoms with van der Waals surface area (Å²) in [5.41, 5.74) is 0. The Morgan fingerprint density at radius 3 is 1.57 bits per heavy atom. The van der Waals surface area contributed by atoms with Crippen LogP contribution in [0.3, 0.4) is 0 Å². The van der Waals surface area contributed by atoms with Gasteiger partial charge in [0.25, 0.3) is 0 Å². The molecule has 2 atom stereocenters. The standard InChI is InChI=1S/C20H42N.C2H6O4S/c1-5-7-8-9-10-11-12-13-14-15-18-21(6-2)19(3)16-17-20(21)4;1-2-6-7(3,4)5/h19-20H,5-18H2,1-4H3;2H2,1H3,(H,3,4,5)/q+1;. The van der Waals surface area contributed by atoms with Crippen LogP contribution >= 0.6 is 0 Å². The van der Waals surface area contributed by atoms with Crippen LogP contribution in [0.4, 0.5) is 0 Å². The number of hydrogen-bond acceptors (Lipinski definition) is 3. The van der Waals surface area contributed by atoms with Gasteiger partial charge in [-0.05, 0) is 40.5 Å². The third-order valence-corrected chi connectivity index (χ3v) is 7.07. The van der Waals surface area contributed by atoms with Crippen molar-refractivity contribution >= 4 is 10.4 Å². The number of rotatable bonds is 14. The van der Waals surface area contributed by atoms with Crippen molar-refractivity contribution in [2.75, 3.05) is 19.7 Å².